The molecular formula is C24H24O4. The van der Waals surface area contributed by atoms with Gasteiger partial charge in [0.2, 0.25) is 0 Å². The molecular weight excluding hydrogens is 352 g/mol. The molecule has 3 rings (SSSR count). The molecule has 4 heteroatoms. The molecule has 0 unspecified atom stereocenters. The van der Waals surface area contributed by atoms with Gasteiger partial charge in [0.1, 0.15) is 17.8 Å². The first kappa shape index (κ1) is 19.6. The van der Waals surface area contributed by atoms with E-state index >= 15 is 0 Å². The third-order valence-corrected chi connectivity index (χ3v) is 4.97. The topological polar surface area (TPSA) is 55.8 Å². The van der Waals surface area contributed by atoms with Crippen LogP contribution in [-0.2, 0) is 21.6 Å². The van der Waals surface area contributed by atoms with Gasteiger partial charge in [-0.3, -0.25) is 4.79 Å². The third kappa shape index (κ3) is 4.07. The van der Waals surface area contributed by atoms with E-state index in [1.807, 2.05) is 60.7 Å². The molecule has 0 spiro atoms. The summed E-state index contributed by atoms with van der Waals surface area (Å²) >= 11 is 0. The van der Waals surface area contributed by atoms with E-state index in [0.717, 1.165) is 5.56 Å². The number of rotatable bonds is 7. The summed E-state index contributed by atoms with van der Waals surface area (Å²) in [5.41, 5.74) is 1.17. The average molecular weight is 376 g/mol. The molecule has 0 saturated heterocycles. The van der Waals surface area contributed by atoms with Gasteiger partial charge < -0.3 is 14.6 Å². The highest BCUT2D eigenvalue weighted by atomic mass is 16.5. The van der Waals surface area contributed by atoms with E-state index in [9.17, 15) is 9.90 Å². The van der Waals surface area contributed by atoms with Gasteiger partial charge >= 0.3 is 5.97 Å². The van der Waals surface area contributed by atoms with Crippen LogP contribution in [0.1, 0.15) is 29.7 Å². The van der Waals surface area contributed by atoms with Crippen LogP contribution in [0.25, 0.3) is 0 Å². The highest BCUT2D eigenvalue weighted by Crippen LogP contribution is 2.38. The number of aliphatic hydroxyl groups is 1. The number of methoxy groups -OCH3 is 1. The van der Waals surface area contributed by atoms with E-state index in [1.54, 1.807) is 31.2 Å². The van der Waals surface area contributed by atoms with Crippen molar-refractivity contribution in [2.75, 3.05) is 7.11 Å². The number of hydrogen-bond acceptors (Lipinski definition) is 4. The van der Waals surface area contributed by atoms with Crippen molar-refractivity contribution in [1.82, 2.24) is 0 Å². The summed E-state index contributed by atoms with van der Waals surface area (Å²) in [6, 6.07) is 26.2. The van der Waals surface area contributed by atoms with Crippen molar-refractivity contribution < 1.29 is 19.4 Å². The minimum absolute atomic E-state index is 0.465. The number of carbonyl (C=O) groups excluding carboxylic acids is 1. The second kappa shape index (κ2) is 8.72. The smallest absolute Gasteiger partial charge is 0.319 e. The second-order valence-electron chi connectivity index (χ2n) is 6.81. The molecule has 0 radical (unpaired) electrons. The quantitative estimate of drug-likeness (QED) is 0.620. The zero-order valence-electron chi connectivity index (χ0n) is 16.0. The molecule has 0 aromatic heterocycles. The van der Waals surface area contributed by atoms with Crippen LogP contribution in [0.3, 0.4) is 0 Å². The molecule has 0 amide bonds. The molecule has 0 fully saturated rings. The van der Waals surface area contributed by atoms with Crippen LogP contribution >= 0.6 is 0 Å². The van der Waals surface area contributed by atoms with Gasteiger partial charge in [-0.1, -0.05) is 72.8 Å². The maximum Gasteiger partial charge on any atom is 0.319 e. The fourth-order valence-electron chi connectivity index (χ4n) is 3.20. The maximum atomic E-state index is 12.6. The minimum atomic E-state index is -1.22. The van der Waals surface area contributed by atoms with Crippen molar-refractivity contribution in [2.45, 2.75) is 25.0 Å². The van der Waals surface area contributed by atoms with Crippen molar-refractivity contribution in [2.24, 2.45) is 0 Å². The zero-order chi connectivity index (χ0) is 20.0. The summed E-state index contributed by atoms with van der Waals surface area (Å²) in [4.78, 5) is 12.6. The number of ether oxygens (including phenoxy) is 2. The van der Waals surface area contributed by atoms with E-state index in [1.165, 1.54) is 7.11 Å². The van der Waals surface area contributed by atoms with Gasteiger partial charge in [-0.15, -0.1) is 0 Å². The Labute approximate surface area is 165 Å². The van der Waals surface area contributed by atoms with E-state index in [0.29, 0.717) is 23.5 Å². The molecule has 1 N–H and O–H groups in total. The van der Waals surface area contributed by atoms with Crippen molar-refractivity contribution in [1.29, 1.82) is 0 Å². The molecule has 0 aliphatic carbocycles. The van der Waals surface area contributed by atoms with Gasteiger partial charge in [-0.2, -0.15) is 0 Å². The molecule has 0 aliphatic heterocycles. The summed E-state index contributed by atoms with van der Waals surface area (Å²) in [5.74, 6) is 0.204. The largest absolute Gasteiger partial charge is 0.489 e. The molecule has 0 saturated carbocycles. The standard InChI is InChI=1S/C24H24O4/c1-24(23(26)27-2,20-11-7-4-8-12-20)22(25)19-13-15-21(16-14-19)28-17-18-9-5-3-6-10-18/h3-16,22,25H,17H2,1-2H3/t22-,24-/m0/s1. The summed E-state index contributed by atoms with van der Waals surface area (Å²) in [6.45, 7) is 2.16. The van der Waals surface area contributed by atoms with Crippen LogP contribution < -0.4 is 4.74 Å². The van der Waals surface area contributed by atoms with Gasteiger partial charge in [-0.25, -0.2) is 0 Å². The van der Waals surface area contributed by atoms with Gasteiger partial charge in [-0.05, 0) is 35.7 Å². The summed E-state index contributed by atoms with van der Waals surface area (Å²) in [6.07, 6.45) is -1.06. The van der Waals surface area contributed by atoms with Gasteiger partial charge in [0.15, 0.2) is 0 Å². The van der Waals surface area contributed by atoms with Crippen LogP contribution in [-0.4, -0.2) is 18.2 Å². The Balaban J connectivity index is 1.80. The predicted molar refractivity (Wildman–Crippen MR) is 108 cm³/mol. The van der Waals surface area contributed by atoms with Crippen LogP contribution in [0.2, 0.25) is 0 Å². The number of esters is 1. The molecule has 0 bridgehead atoms. The van der Waals surface area contributed by atoms with Crippen LogP contribution in [0, 0.1) is 0 Å². The number of hydrogen-bond donors (Lipinski definition) is 1. The normalized spacial score (nSPS) is 14.0. The zero-order valence-corrected chi connectivity index (χ0v) is 16.0. The fourth-order valence-corrected chi connectivity index (χ4v) is 3.20. The Hall–Kier alpha value is -3.11. The average Bonchev–Trinajstić information content (AvgIpc) is 2.77. The van der Waals surface area contributed by atoms with Gasteiger partial charge in [0.25, 0.3) is 0 Å². The van der Waals surface area contributed by atoms with Gasteiger partial charge in [0.05, 0.1) is 13.2 Å². The monoisotopic (exact) mass is 376 g/mol. The Morgan fingerprint density at radius 1 is 0.929 bits per heavy atom. The molecule has 28 heavy (non-hydrogen) atoms. The summed E-state index contributed by atoms with van der Waals surface area (Å²) < 4.78 is 10.8. The van der Waals surface area contributed by atoms with E-state index in [2.05, 4.69) is 0 Å². The SMILES string of the molecule is COC(=O)[C@@](C)(c1ccccc1)[C@@H](O)c1ccc(OCc2ccccc2)cc1. The Morgan fingerprint density at radius 2 is 1.50 bits per heavy atom. The molecule has 144 valence electrons. The lowest BCUT2D eigenvalue weighted by atomic mass is 9.75. The maximum absolute atomic E-state index is 12.6. The lowest BCUT2D eigenvalue weighted by molar-refractivity contribution is -0.152. The summed E-state index contributed by atoms with van der Waals surface area (Å²) in [7, 11) is 1.33. The third-order valence-electron chi connectivity index (χ3n) is 4.97. The molecule has 2 atom stereocenters. The lowest BCUT2D eigenvalue weighted by Crippen LogP contribution is -2.40. The van der Waals surface area contributed by atoms with Crippen molar-refractivity contribution >= 4 is 5.97 Å². The molecule has 0 heterocycles. The second-order valence-corrected chi connectivity index (χ2v) is 6.81. The van der Waals surface area contributed by atoms with E-state index in [-0.39, 0.29) is 0 Å². The van der Waals surface area contributed by atoms with Gasteiger partial charge in [0, 0.05) is 0 Å². The molecule has 0 aliphatic rings. The Morgan fingerprint density at radius 3 is 2.07 bits per heavy atom. The van der Waals surface area contributed by atoms with Crippen molar-refractivity contribution in [3.05, 3.63) is 102 Å². The van der Waals surface area contributed by atoms with Crippen molar-refractivity contribution in [3.63, 3.8) is 0 Å². The first-order valence-corrected chi connectivity index (χ1v) is 9.14. The van der Waals surface area contributed by atoms with E-state index < -0.39 is 17.5 Å². The fraction of sp³-hybridized carbons (Fsp3) is 0.208. The van der Waals surface area contributed by atoms with Crippen LogP contribution in [0.5, 0.6) is 5.75 Å². The molecule has 4 nitrogen and oxygen atoms in total. The number of carbonyl (C=O) groups is 1. The first-order chi connectivity index (χ1) is 13.6. The Bertz CT molecular complexity index is 891. The molecule has 3 aromatic carbocycles. The minimum Gasteiger partial charge on any atom is -0.489 e. The number of aliphatic hydroxyl groups excluding tert-OH is 1. The van der Waals surface area contributed by atoms with Crippen LogP contribution in [0.4, 0.5) is 0 Å². The predicted octanol–water partition coefficient (Wildman–Crippen LogP) is 4.43. The van der Waals surface area contributed by atoms with E-state index in [4.69, 9.17) is 9.47 Å². The number of benzene rings is 3. The molecule has 3 aromatic rings. The highest BCUT2D eigenvalue weighted by molar-refractivity contribution is 5.83. The van der Waals surface area contributed by atoms with Crippen molar-refractivity contribution in [3.8, 4) is 5.75 Å². The highest BCUT2D eigenvalue weighted by Gasteiger charge is 2.44. The summed E-state index contributed by atoms with van der Waals surface area (Å²) in [5, 5.41) is 11.1. The van der Waals surface area contributed by atoms with Crippen LogP contribution in [0.15, 0.2) is 84.9 Å². The Kier molecular flexibility index (Phi) is 6.12. The first-order valence-electron chi connectivity index (χ1n) is 9.14. The lowest BCUT2D eigenvalue weighted by Gasteiger charge is -2.32.